The van der Waals surface area contributed by atoms with Crippen molar-refractivity contribution in [2.75, 3.05) is 18.9 Å². The molecular weight excluding hydrogens is 308 g/mol. The molecule has 9 heteroatoms. The molecule has 0 radical (unpaired) electrons. The first-order chi connectivity index (χ1) is 10.5. The van der Waals surface area contributed by atoms with E-state index in [4.69, 9.17) is 4.74 Å². The summed E-state index contributed by atoms with van der Waals surface area (Å²) in [5.41, 5.74) is 1.51. The van der Waals surface area contributed by atoms with Crippen LogP contribution in [-0.4, -0.2) is 45.7 Å². The highest BCUT2D eigenvalue weighted by molar-refractivity contribution is 7.99. The van der Waals surface area contributed by atoms with Gasteiger partial charge in [0.25, 0.3) is 5.56 Å². The second-order valence-corrected chi connectivity index (χ2v) is 5.42. The summed E-state index contributed by atoms with van der Waals surface area (Å²) < 4.78 is 4.70. The van der Waals surface area contributed by atoms with Crippen LogP contribution in [0.4, 0.5) is 0 Å². The van der Waals surface area contributed by atoms with Crippen molar-refractivity contribution < 1.29 is 14.3 Å². The van der Waals surface area contributed by atoms with Gasteiger partial charge in [0.2, 0.25) is 5.91 Å². The van der Waals surface area contributed by atoms with E-state index >= 15 is 0 Å². The standard InChI is InChI=1S/C13H16N4O4S/c1-3-21-10(19)5-14-9(18)6-22-13-16-8-4-7(2)15-11(8)12(20)17-13/h4,15H,3,5-6H2,1-2H3,(H,14,18)(H,16,17,20). The molecule has 1 amide bonds. The lowest BCUT2D eigenvalue weighted by molar-refractivity contribution is -0.143. The third kappa shape index (κ3) is 4.10. The van der Waals surface area contributed by atoms with Gasteiger partial charge in [-0.15, -0.1) is 0 Å². The van der Waals surface area contributed by atoms with Gasteiger partial charge < -0.3 is 15.0 Å². The summed E-state index contributed by atoms with van der Waals surface area (Å²) in [7, 11) is 0. The highest BCUT2D eigenvalue weighted by Crippen LogP contribution is 2.15. The maximum Gasteiger partial charge on any atom is 0.325 e. The number of aromatic amines is 2. The number of aromatic nitrogens is 3. The number of nitrogens with one attached hydrogen (secondary N) is 3. The third-order valence-electron chi connectivity index (χ3n) is 2.68. The molecule has 0 aliphatic rings. The van der Waals surface area contributed by atoms with Crippen molar-refractivity contribution in [3.63, 3.8) is 0 Å². The minimum atomic E-state index is -0.489. The fraction of sp³-hybridized carbons (Fsp3) is 0.385. The highest BCUT2D eigenvalue weighted by atomic mass is 32.2. The molecule has 2 heterocycles. The number of hydrogen-bond acceptors (Lipinski definition) is 6. The number of amides is 1. The van der Waals surface area contributed by atoms with Crippen molar-refractivity contribution in [2.24, 2.45) is 0 Å². The molecule has 22 heavy (non-hydrogen) atoms. The van der Waals surface area contributed by atoms with Gasteiger partial charge in [0.1, 0.15) is 12.1 Å². The molecule has 0 unspecified atom stereocenters. The van der Waals surface area contributed by atoms with Crippen molar-refractivity contribution in [3.05, 3.63) is 22.1 Å². The van der Waals surface area contributed by atoms with Gasteiger partial charge in [-0.2, -0.15) is 0 Å². The molecule has 0 aromatic carbocycles. The molecule has 0 saturated heterocycles. The van der Waals surface area contributed by atoms with Crippen LogP contribution in [0.5, 0.6) is 0 Å². The summed E-state index contributed by atoms with van der Waals surface area (Å²) in [5, 5.41) is 2.78. The molecule has 0 aliphatic heterocycles. The van der Waals surface area contributed by atoms with Crippen LogP contribution in [0, 0.1) is 6.92 Å². The SMILES string of the molecule is CCOC(=O)CNC(=O)CSc1nc2cc(C)[nH]c2c(=O)[nH]1. The Kier molecular flexibility index (Phi) is 5.21. The number of carbonyl (C=O) groups excluding carboxylic acids is 2. The predicted molar refractivity (Wildman–Crippen MR) is 81.8 cm³/mol. The Morgan fingerprint density at radius 2 is 2.18 bits per heavy atom. The van der Waals surface area contributed by atoms with Gasteiger partial charge in [-0.25, -0.2) is 4.98 Å². The lowest BCUT2D eigenvalue weighted by Gasteiger charge is -2.04. The van der Waals surface area contributed by atoms with Gasteiger partial charge in [-0.05, 0) is 19.9 Å². The zero-order valence-corrected chi connectivity index (χ0v) is 13.0. The first-order valence-electron chi connectivity index (χ1n) is 6.64. The number of nitrogens with zero attached hydrogens (tertiary/aromatic N) is 1. The van der Waals surface area contributed by atoms with E-state index in [2.05, 4.69) is 20.3 Å². The van der Waals surface area contributed by atoms with Crippen molar-refractivity contribution in [3.8, 4) is 0 Å². The first-order valence-corrected chi connectivity index (χ1v) is 7.63. The van der Waals surface area contributed by atoms with Gasteiger partial charge in [0.05, 0.1) is 17.9 Å². The summed E-state index contributed by atoms with van der Waals surface area (Å²) in [6.07, 6.45) is 0. The van der Waals surface area contributed by atoms with Crippen molar-refractivity contribution in [2.45, 2.75) is 19.0 Å². The quantitative estimate of drug-likeness (QED) is 0.400. The number of thioether (sulfide) groups is 1. The predicted octanol–water partition coefficient (Wildman–Crippen LogP) is 0.331. The number of rotatable bonds is 6. The molecule has 0 aliphatic carbocycles. The van der Waals surface area contributed by atoms with Gasteiger partial charge in [-0.1, -0.05) is 11.8 Å². The zero-order chi connectivity index (χ0) is 16.1. The maximum absolute atomic E-state index is 11.8. The molecule has 0 bridgehead atoms. The number of esters is 1. The van der Waals surface area contributed by atoms with E-state index in [1.807, 2.05) is 6.92 Å². The van der Waals surface area contributed by atoms with Crippen LogP contribution in [0.3, 0.4) is 0 Å². The summed E-state index contributed by atoms with van der Waals surface area (Å²) in [5.74, 6) is -0.792. The van der Waals surface area contributed by atoms with Crippen LogP contribution in [-0.2, 0) is 14.3 Å². The molecule has 0 atom stereocenters. The zero-order valence-electron chi connectivity index (χ0n) is 12.2. The van der Waals surface area contributed by atoms with Gasteiger partial charge in [0.15, 0.2) is 5.16 Å². The summed E-state index contributed by atoms with van der Waals surface area (Å²) >= 11 is 1.09. The molecular formula is C13H16N4O4S. The monoisotopic (exact) mass is 324 g/mol. The maximum atomic E-state index is 11.8. The fourth-order valence-electron chi connectivity index (χ4n) is 1.77. The Labute approximate surface area is 130 Å². The molecule has 0 spiro atoms. The number of carbonyl (C=O) groups is 2. The lowest BCUT2D eigenvalue weighted by Crippen LogP contribution is -2.31. The molecule has 8 nitrogen and oxygen atoms in total. The van der Waals surface area contributed by atoms with E-state index < -0.39 is 5.97 Å². The average Bonchev–Trinajstić information content (AvgIpc) is 2.84. The number of H-pyrrole nitrogens is 2. The molecule has 0 fully saturated rings. The Morgan fingerprint density at radius 3 is 2.91 bits per heavy atom. The third-order valence-corrected chi connectivity index (χ3v) is 3.55. The molecule has 0 saturated carbocycles. The Bertz CT molecular complexity index is 752. The van der Waals surface area contributed by atoms with E-state index in [0.29, 0.717) is 16.2 Å². The highest BCUT2D eigenvalue weighted by Gasteiger charge is 2.10. The van der Waals surface area contributed by atoms with Gasteiger partial charge in [-0.3, -0.25) is 19.4 Å². The van der Waals surface area contributed by atoms with Crippen molar-refractivity contribution in [1.82, 2.24) is 20.3 Å². The number of aryl methyl sites for hydroxylation is 1. The van der Waals surface area contributed by atoms with E-state index in [1.54, 1.807) is 13.0 Å². The van der Waals surface area contributed by atoms with Gasteiger partial charge >= 0.3 is 5.97 Å². The smallest absolute Gasteiger partial charge is 0.325 e. The van der Waals surface area contributed by atoms with Crippen LogP contribution in [0.2, 0.25) is 0 Å². The minimum Gasteiger partial charge on any atom is -0.465 e. The summed E-state index contributed by atoms with van der Waals surface area (Å²) in [6, 6.07) is 1.76. The second-order valence-electron chi connectivity index (χ2n) is 4.45. The number of hydrogen-bond donors (Lipinski definition) is 3. The number of fused-ring (bicyclic) bond motifs is 1. The fourth-order valence-corrected chi connectivity index (χ4v) is 2.47. The summed E-state index contributed by atoms with van der Waals surface area (Å²) in [4.78, 5) is 44.3. The van der Waals surface area contributed by atoms with Gasteiger partial charge in [0, 0.05) is 5.69 Å². The molecule has 2 aromatic heterocycles. The van der Waals surface area contributed by atoms with E-state index in [0.717, 1.165) is 17.5 Å². The molecule has 2 aromatic rings. The molecule has 2 rings (SSSR count). The Morgan fingerprint density at radius 1 is 1.41 bits per heavy atom. The minimum absolute atomic E-state index is 0.0389. The summed E-state index contributed by atoms with van der Waals surface area (Å²) in [6.45, 7) is 3.62. The van der Waals surface area contributed by atoms with Crippen molar-refractivity contribution >= 4 is 34.7 Å². The van der Waals surface area contributed by atoms with E-state index in [-0.39, 0.29) is 30.4 Å². The van der Waals surface area contributed by atoms with Crippen LogP contribution in [0.25, 0.3) is 11.0 Å². The molecule has 118 valence electrons. The van der Waals surface area contributed by atoms with Crippen molar-refractivity contribution in [1.29, 1.82) is 0 Å². The Hall–Kier alpha value is -2.29. The average molecular weight is 324 g/mol. The van der Waals surface area contributed by atoms with Crippen LogP contribution in [0.15, 0.2) is 16.0 Å². The van der Waals surface area contributed by atoms with Crippen LogP contribution >= 0.6 is 11.8 Å². The topological polar surface area (TPSA) is 117 Å². The normalized spacial score (nSPS) is 10.6. The molecule has 3 N–H and O–H groups in total. The van der Waals surface area contributed by atoms with E-state index in [1.165, 1.54) is 0 Å². The van der Waals surface area contributed by atoms with E-state index in [9.17, 15) is 14.4 Å². The number of ether oxygens (including phenoxy) is 1. The van der Waals surface area contributed by atoms with Crippen LogP contribution < -0.4 is 10.9 Å². The second kappa shape index (κ2) is 7.12. The lowest BCUT2D eigenvalue weighted by atomic mass is 10.4. The first kappa shape index (κ1) is 16.1. The Balaban J connectivity index is 1.92. The van der Waals surface area contributed by atoms with Crippen LogP contribution in [0.1, 0.15) is 12.6 Å². The largest absolute Gasteiger partial charge is 0.465 e.